The molecule has 3 rings (SSSR count). The first-order chi connectivity index (χ1) is 18.9. The van der Waals surface area contributed by atoms with Crippen molar-refractivity contribution in [1.29, 1.82) is 0 Å². The minimum atomic E-state index is -4.77. The van der Waals surface area contributed by atoms with E-state index in [1.807, 2.05) is 6.92 Å². The first kappa shape index (κ1) is 30.6. The summed E-state index contributed by atoms with van der Waals surface area (Å²) in [6.07, 6.45) is -4.16. The third-order valence-corrected chi connectivity index (χ3v) is 7.87. The van der Waals surface area contributed by atoms with Gasteiger partial charge in [-0.15, -0.1) is 0 Å². The van der Waals surface area contributed by atoms with Crippen LogP contribution in [0.25, 0.3) is 0 Å². The number of halogens is 4. The lowest BCUT2D eigenvalue weighted by atomic mass is 10.1. The smallest absolute Gasteiger partial charge is 0.354 e. The molecule has 3 aromatic rings. The molecule has 1 unspecified atom stereocenters. The molecule has 0 heterocycles. The van der Waals surface area contributed by atoms with E-state index in [2.05, 4.69) is 5.32 Å². The van der Waals surface area contributed by atoms with Crippen LogP contribution in [0.15, 0.2) is 83.8 Å². The van der Waals surface area contributed by atoms with Gasteiger partial charge in [-0.1, -0.05) is 49.4 Å². The average molecular weight is 580 g/mol. The second kappa shape index (κ2) is 12.9. The maximum Gasteiger partial charge on any atom is 0.416 e. The molecule has 1 N–H and O–H groups in total. The lowest BCUT2D eigenvalue weighted by Crippen LogP contribution is -2.51. The van der Waals surface area contributed by atoms with E-state index in [1.165, 1.54) is 55.5 Å². The Hall–Kier alpha value is -3.93. The van der Waals surface area contributed by atoms with Gasteiger partial charge in [0.05, 0.1) is 16.1 Å². The Morgan fingerprint density at radius 1 is 0.950 bits per heavy atom. The topological polar surface area (TPSA) is 86.8 Å². The summed E-state index contributed by atoms with van der Waals surface area (Å²) in [6.45, 7) is 2.22. The average Bonchev–Trinajstić information content (AvgIpc) is 2.93. The molecular formula is C28H29F4N3O4S. The highest BCUT2D eigenvalue weighted by molar-refractivity contribution is 7.92. The number of hydrogen-bond donors (Lipinski definition) is 1. The Morgan fingerprint density at radius 2 is 1.60 bits per heavy atom. The Kier molecular flexibility index (Phi) is 9.91. The number of benzene rings is 3. The molecular weight excluding hydrogens is 550 g/mol. The number of amides is 2. The lowest BCUT2D eigenvalue weighted by Gasteiger charge is -2.32. The van der Waals surface area contributed by atoms with Crippen molar-refractivity contribution in [2.75, 3.05) is 17.4 Å². The van der Waals surface area contributed by atoms with E-state index < -0.39 is 57.7 Å². The third-order valence-electron chi connectivity index (χ3n) is 6.09. The first-order valence-electron chi connectivity index (χ1n) is 12.4. The summed E-state index contributed by atoms with van der Waals surface area (Å²) in [5.74, 6) is -2.12. The Labute approximate surface area is 230 Å². The molecule has 0 saturated heterocycles. The van der Waals surface area contributed by atoms with Crippen LogP contribution < -0.4 is 9.62 Å². The molecule has 0 aliphatic carbocycles. The fourth-order valence-corrected chi connectivity index (χ4v) is 5.30. The van der Waals surface area contributed by atoms with Crippen LogP contribution in [-0.4, -0.2) is 44.3 Å². The van der Waals surface area contributed by atoms with Crippen LogP contribution in [0, 0.1) is 5.82 Å². The summed E-state index contributed by atoms with van der Waals surface area (Å²) in [4.78, 5) is 27.3. The van der Waals surface area contributed by atoms with Crippen molar-refractivity contribution in [1.82, 2.24) is 10.2 Å². The first-order valence-corrected chi connectivity index (χ1v) is 13.9. The van der Waals surface area contributed by atoms with Crippen LogP contribution in [0.4, 0.5) is 23.2 Å². The molecule has 0 aliphatic rings. The molecule has 0 fully saturated rings. The number of alkyl halides is 3. The minimum absolute atomic E-state index is 0.0718. The standard InChI is InChI=1S/C28H29F4N3O4S/c1-3-16-33-27(37)20(2)34(18-21-10-7-8-15-25(21)29)26(36)19-35(40(38,39)24-13-5-4-6-14-24)23-12-9-11-22(17-23)28(30,31)32/h4-15,17,20H,3,16,18-19H2,1-2H3,(H,33,37). The quantitative estimate of drug-likeness (QED) is 0.325. The SMILES string of the molecule is CCCNC(=O)C(C)N(Cc1ccccc1F)C(=O)CN(c1cccc(C(F)(F)F)c1)S(=O)(=O)c1ccccc1. The van der Waals surface area contributed by atoms with Crippen molar-refractivity contribution in [2.45, 2.75) is 43.9 Å². The van der Waals surface area contributed by atoms with Crippen molar-refractivity contribution in [3.8, 4) is 0 Å². The Bertz CT molecular complexity index is 1430. The molecule has 12 heteroatoms. The maximum absolute atomic E-state index is 14.5. The third kappa shape index (κ3) is 7.38. The summed E-state index contributed by atoms with van der Waals surface area (Å²) >= 11 is 0. The zero-order chi connectivity index (χ0) is 29.5. The van der Waals surface area contributed by atoms with Crippen molar-refractivity contribution in [2.24, 2.45) is 0 Å². The normalized spacial score (nSPS) is 12.4. The number of carbonyl (C=O) groups is 2. The Balaban J connectivity index is 2.08. The second-order valence-electron chi connectivity index (χ2n) is 8.95. The molecule has 0 bridgehead atoms. The van der Waals surface area contributed by atoms with Gasteiger partial charge < -0.3 is 10.2 Å². The fourth-order valence-electron chi connectivity index (χ4n) is 3.87. The van der Waals surface area contributed by atoms with Crippen molar-refractivity contribution >= 4 is 27.5 Å². The van der Waals surface area contributed by atoms with Crippen LogP contribution in [0.1, 0.15) is 31.4 Å². The van der Waals surface area contributed by atoms with Gasteiger partial charge in [0.25, 0.3) is 10.0 Å². The summed E-state index contributed by atoms with van der Waals surface area (Å²) in [5, 5.41) is 2.65. The predicted molar refractivity (Wildman–Crippen MR) is 142 cm³/mol. The number of anilines is 1. The van der Waals surface area contributed by atoms with Gasteiger partial charge >= 0.3 is 6.18 Å². The van der Waals surface area contributed by atoms with Gasteiger partial charge in [-0.3, -0.25) is 13.9 Å². The highest BCUT2D eigenvalue weighted by Crippen LogP contribution is 2.33. The van der Waals surface area contributed by atoms with E-state index in [0.29, 0.717) is 23.3 Å². The molecule has 0 aliphatic heterocycles. The fraction of sp³-hybridized carbons (Fsp3) is 0.286. The number of sulfonamides is 1. The largest absolute Gasteiger partial charge is 0.416 e. The highest BCUT2D eigenvalue weighted by atomic mass is 32.2. The number of nitrogens with one attached hydrogen (secondary N) is 1. The molecule has 3 aromatic carbocycles. The van der Waals surface area contributed by atoms with Gasteiger partial charge in [0.15, 0.2) is 0 Å². The van der Waals surface area contributed by atoms with E-state index >= 15 is 0 Å². The maximum atomic E-state index is 14.5. The summed E-state index contributed by atoms with van der Waals surface area (Å²) in [6, 6.07) is 14.9. The molecule has 7 nitrogen and oxygen atoms in total. The van der Waals surface area contributed by atoms with E-state index in [4.69, 9.17) is 0 Å². The predicted octanol–water partition coefficient (Wildman–Crippen LogP) is 4.98. The van der Waals surface area contributed by atoms with Crippen molar-refractivity contribution < 1.29 is 35.6 Å². The highest BCUT2D eigenvalue weighted by Gasteiger charge is 2.35. The van der Waals surface area contributed by atoms with Crippen molar-refractivity contribution in [3.63, 3.8) is 0 Å². The molecule has 0 radical (unpaired) electrons. The minimum Gasteiger partial charge on any atom is -0.354 e. The molecule has 40 heavy (non-hydrogen) atoms. The zero-order valence-corrected chi connectivity index (χ0v) is 22.7. The second-order valence-corrected chi connectivity index (χ2v) is 10.8. The summed E-state index contributed by atoms with van der Waals surface area (Å²) in [7, 11) is -4.54. The Morgan fingerprint density at radius 3 is 2.23 bits per heavy atom. The zero-order valence-electron chi connectivity index (χ0n) is 21.9. The monoisotopic (exact) mass is 579 g/mol. The number of hydrogen-bond acceptors (Lipinski definition) is 4. The molecule has 0 aromatic heterocycles. The van der Waals surface area contributed by atoms with Crippen LogP contribution in [0.3, 0.4) is 0 Å². The molecule has 1 atom stereocenters. The number of rotatable bonds is 11. The van der Waals surface area contributed by atoms with Gasteiger partial charge in [-0.05, 0) is 49.7 Å². The molecule has 214 valence electrons. The summed E-state index contributed by atoms with van der Waals surface area (Å²) < 4.78 is 82.9. The van der Waals surface area contributed by atoms with E-state index in [0.717, 1.165) is 23.1 Å². The molecule has 2 amide bonds. The van der Waals surface area contributed by atoms with Crippen LogP contribution in [0.5, 0.6) is 0 Å². The van der Waals surface area contributed by atoms with E-state index in [-0.39, 0.29) is 17.0 Å². The number of carbonyl (C=O) groups excluding carboxylic acids is 2. The van der Waals surface area contributed by atoms with E-state index in [9.17, 15) is 35.6 Å². The van der Waals surface area contributed by atoms with Crippen molar-refractivity contribution in [3.05, 3.63) is 95.8 Å². The van der Waals surface area contributed by atoms with Gasteiger partial charge in [0, 0.05) is 18.7 Å². The lowest BCUT2D eigenvalue weighted by molar-refractivity contribution is -0.139. The molecule has 0 spiro atoms. The van der Waals surface area contributed by atoms with Gasteiger partial charge in [0.1, 0.15) is 18.4 Å². The van der Waals surface area contributed by atoms with Crippen LogP contribution in [0.2, 0.25) is 0 Å². The van der Waals surface area contributed by atoms with Gasteiger partial charge in [-0.2, -0.15) is 13.2 Å². The van der Waals surface area contributed by atoms with Crippen LogP contribution in [-0.2, 0) is 32.3 Å². The van der Waals surface area contributed by atoms with Gasteiger partial charge in [0.2, 0.25) is 11.8 Å². The molecule has 0 saturated carbocycles. The van der Waals surface area contributed by atoms with Gasteiger partial charge in [-0.25, -0.2) is 12.8 Å². The van der Waals surface area contributed by atoms with E-state index in [1.54, 1.807) is 6.07 Å². The summed E-state index contributed by atoms with van der Waals surface area (Å²) in [5.41, 5.74) is -1.44. The number of nitrogens with zero attached hydrogens (tertiary/aromatic N) is 2. The van der Waals surface area contributed by atoms with Crippen LogP contribution >= 0.6 is 0 Å².